The number of morpholine rings is 1. The molecule has 1 saturated heterocycles. The lowest BCUT2D eigenvalue weighted by Gasteiger charge is -2.24. The van der Waals surface area contributed by atoms with Crippen LogP contribution in [-0.4, -0.2) is 43.6 Å². The largest absolute Gasteiger partial charge is 0.379 e. The van der Waals surface area contributed by atoms with Gasteiger partial charge >= 0.3 is 0 Å². The first-order valence-electron chi connectivity index (χ1n) is 3.94. The molecule has 4 heteroatoms. The summed E-state index contributed by atoms with van der Waals surface area (Å²) in [5.41, 5.74) is 0. The third kappa shape index (κ3) is 4.99. The minimum absolute atomic E-state index is 0. The Morgan fingerprint density at radius 1 is 1.25 bits per heavy atom. The number of nitrogens with zero attached hydrogens (tertiary/aromatic N) is 1. The third-order valence-electron chi connectivity index (χ3n) is 1.72. The average molecular weight is 212 g/mol. The average Bonchev–Trinajstić information content (AvgIpc) is 2.07. The number of halogens is 2. The number of hydrogen-bond acceptors (Lipinski definition) is 2. The fourth-order valence-electron chi connectivity index (χ4n) is 1.07. The highest BCUT2D eigenvalue weighted by molar-refractivity contribution is 6.18. The van der Waals surface area contributed by atoms with Crippen molar-refractivity contribution in [1.29, 1.82) is 0 Å². The fraction of sp³-hybridized carbons (Fsp3) is 0.750. The van der Waals surface area contributed by atoms with Crippen molar-refractivity contribution in [2.75, 3.05) is 38.7 Å². The zero-order valence-electron chi connectivity index (χ0n) is 7.04. The van der Waals surface area contributed by atoms with Crippen molar-refractivity contribution in [3.05, 3.63) is 12.2 Å². The highest BCUT2D eigenvalue weighted by Gasteiger charge is 2.06. The van der Waals surface area contributed by atoms with Crippen LogP contribution in [0.2, 0.25) is 0 Å². The fourth-order valence-corrected chi connectivity index (χ4v) is 1.20. The molecule has 72 valence electrons. The van der Waals surface area contributed by atoms with Gasteiger partial charge in [-0.05, 0) is 0 Å². The molecule has 1 fully saturated rings. The van der Waals surface area contributed by atoms with Gasteiger partial charge in [0.1, 0.15) is 0 Å². The van der Waals surface area contributed by atoms with Crippen molar-refractivity contribution in [2.45, 2.75) is 0 Å². The van der Waals surface area contributed by atoms with Crippen LogP contribution in [0.4, 0.5) is 0 Å². The Labute approximate surface area is 84.9 Å². The summed E-state index contributed by atoms with van der Waals surface area (Å²) in [6.07, 6.45) is 4.09. The van der Waals surface area contributed by atoms with Crippen LogP contribution in [-0.2, 0) is 4.74 Å². The van der Waals surface area contributed by atoms with E-state index in [0.29, 0.717) is 5.88 Å². The van der Waals surface area contributed by atoms with Crippen LogP contribution < -0.4 is 0 Å². The Balaban J connectivity index is 0.00000121. The van der Waals surface area contributed by atoms with Crippen LogP contribution in [0.25, 0.3) is 0 Å². The molecule has 0 N–H and O–H groups in total. The first-order valence-corrected chi connectivity index (χ1v) is 4.48. The lowest BCUT2D eigenvalue weighted by molar-refractivity contribution is 0.0434. The Morgan fingerprint density at radius 3 is 2.50 bits per heavy atom. The predicted molar refractivity (Wildman–Crippen MR) is 54.4 cm³/mol. The van der Waals surface area contributed by atoms with Crippen LogP contribution in [0.5, 0.6) is 0 Å². The maximum absolute atomic E-state index is 5.49. The van der Waals surface area contributed by atoms with Crippen molar-refractivity contribution >= 4 is 24.0 Å². The molecule has 0 aromatic carbocycles. The summed E-state index contributed by atoms with van der Waals surface area (Å²) in [5, 5.41) is 0. The monoisotopic (exact) mass is 211 g/mol. The van der Waals surface area contributed by atoms with E-state index in [4.69, 9.17) is 16.3 Å². The van der Waals surface area contributed by atoms with E-state index in [1.54, 1.807) is 0 Å². The topological polar surface area (TPSA) is 12.5 Å². The second-order valence-corrected chi connectivity index (χ2v) is 2.85. The van der Waals surface area contributed by atoms with Gasteiger partial charge in [0.2, 0.25) is 0 Å². The number of hydrogen-bond donors (Lipinski definition) is 0. The van der Waals surface area contributed by atoms with Crippen molar-refractivity contribution in [1.82, 2.24) is 4.90 Å². The van der Waals surface area contributed by atoms with E-state index in [-0.39, 0.29) is 12.4 Å². The molecule has 0 aromatic rings. The van der Waals surface area contributed by atoms with Crippen molar-refractivity contribution in [2.24, 2.45) is 0 Å². The molecule has 0 aliphatic carbocycles. The van der Waals surface area contributed by atoms with E-state index in [1.165, 1.54) is 0 Å². The number of alkyl halides is 1. The Kier molecular flexibility index (Phi) is 8.02. The second-order valence-electron chi connectivity index (χ2n) is 2.54. The van der Waals surface area contributed by atoms with Crippen LogP contribution in [0.15, 0.2) is 12.2 Å². The van der Waals surface area contributed by atoms with Crippen molar-refractivity contribution < 1.29 is 4.74 Å². The Morgan fingerprint density at radius 2 is 1.92 bits per heavy atom. The van der Waals surface area contributed by atoms with Gasteiger partial charge in [-0.15, -0.1) is 24.0 Å². The summed E-state index contributed by atoms with van der Waals surface area (Å²) in [7, 11) is 0. The molecule has 0 radical (unpaired) electrons. The molecule has 1 heterocycles. The molecule has 1 rings (SSSR count). The summed E-state index contributed by atoms with van der Waals surface area (Å²) in [5.74, 6) is 0.615. The summed E-state index contributed by atoms with van der Waals surface area (Å²) in [4.78, 5) is 2.35. The van der Waals surface area contributed by atoms with E-state index < -0.39 is 0 Å². The minimum Gasteiger partial charge on any atom is -0.379 e. The highest BCUT2D eigenvalue weighted by Crippen LogP contribution is 1.96. The lowest BCUT2D eigenvalue weighted by atomic mass is 10.4. The van der Waals surface area contributed by atoms with Crippen LogP contribution >= 0.6 is 24.0 Å². The van der Waals surface area contributed by atoms with Gasteiger partial charge in [-0.25, -0.2) is 0 Å². The SMILES string of the molecule is Cl.ClC/C=C/CN1CCOCC1. The van der Waals surface area contributed by atoms with Gasteiger partial charge in [-0.2, -0.15) is 0 Å². The zero-order valence-corrected chi connectivity index (χ0v) is 8.61. The standard InChI is InChI=1S/C8H14ClNO.ClH/c9-3-1-2-4-10-5-7-11-8-6-10;/h1-2H,3-8H2;1H/b2-1+;. The maximum atomic E-state index is 5.49. The quantitative estimate of drug-likeness (QED) is 0.519. The van der Waals surface area contributed by atoms with E-state index in [9.17, 15) is 0 Å². The minimum atomic E-state index is 0. The van der Waals surface area contributed by atoms with E-state index in [1.807, 2.05) is 6.08 Å². The molecule has 0 amide bonds. The number of allylic oxidation sites excluding steroid dienone is 1. The molecule has 2 nitrogen and oxygen atoms in total. The molecule has 0 bridgehead atoms. The predicted octanol–water partition coefficient (Wildman–Crippen LogP) is 1.54. The first kappa shape index (κ1) is 12.2. The normalized spacial score (nSPS) is 19.4. The first-order chi connectivity index (χ1) is 5.43. The van der Waals surface area contributed by atoms with Gasteiger partial charge in [0.15, 0.2) is 0 Å². The zero-order chi connectivity index (χ0) is 7.94. The van der Waals surface area contributed by atoms with E-state index >= 15 is 0 Å². The molecule has 1 aliphatic rings. The molecular formula is C8H15Cl2NO. The van der Waals surface area contributed by atoms with Crippen LogP contribution in [0.3, 0.4) is 0 Å². The van der Waals surface area contributed by atoms with E-state index in [2.05, 4.69) is 11.0 Å². The molecule has 0 unspecified atom stereocenters. The molecule has 1 aliphatic heterocycles. The highest BCUT2D eigenvalue weighted by atomic mass is 35.5. The Bertz CT molecular complexity index is 124. The number of ether oxygens (including phenoxy) is 1. The summed E-state index contributed by atoms with van der Waals surface area (Å²) in [6.45, 7) is 4.85. The Hall–Kier alpha value is 0.240. The summed E-state index contributed by atoms with van der Waals surface area (Å²) >= 11 is 5.49. The van der Waals surface area contributed by atoms with Crippen molar-refractivity contribution in [3.8, 4) is 0 Å². The molecule has 0 aromatic heterocycles. The number of rotatable bonds is 3. The second kappa shape index (κ2) is 7.87. The van der Waals surface area contributed by atoms with Crippen LogP contribution in [0, 0.1) is 0 Å². The lowest BCUT2D eigenvalue weighted by Crippen LogP contribution is -2.36. The molecule has 0 atom stereocenters. The van der Waals surface area contributed by atoms with Crippen molar-refractivity contribution in [3.63, 3.8) is 0 Å². The van der Waals surface area contributed by atoms with E-state index in [0.717, 1.165) is 32.8 Å². The van der Waals surface area contributed by atoms with Gasteiger partial charge < -0.3 is 4.74 Å². The smallest absolute Gasteiger partial charge is 0.0594 e. The van der Waals surface area contributed by atoms with Gasteiger partial charge in [-0.3, -0.25) is 4.90 Å². The third-order valence-corrected chi connectivity index (χ3v) is 1.90. The van der Waals surface area contributed by atoms with Gasteiger partial charge in [0.05, 0.1) is 13.2 Å². The maximum Gasteiger partial charge on any atom is 0.0594 e. The summed E-state index contributed by atoms with van der Waals surface area (Å²) < 4.78 is 5.21. The molecule has 0 spiro atoms. The van der Waals surface area contributed by atoms with Gasteiger partial charge in [0.25, 0.3) is 0 Å². The van der Waals surface area contributed by atoms with Gasteiger partial charge in [0, 0.05) is 25.5 Å². The molecule has 0 saturated carbocycles. The molecule has 12 heavy (non-hydrogen) atoms. The molecular weight excluding hydrogens is 197 g/mol. The van der Waals surface area contributed by atoms with Gasteiger partial charge in [-0.1, -0.05) is 12.2 Å². The van der Waals surface area contributed by atoms with Crippen LogP contribution in [0.1, 0.15) is 0 Å². The summed E-state index contributed by atoms with van der Waals surface area (Å²) in [6, 6.07) is 0.